The van der Waals surface area contributed by atoms with E-state index in [0.29, 0.717) is 22.6 Å². The fourth-order valence-electron chi connectivity index (χ4n) is 5.09. The van der Waals surface area contributed by atoms with Crippen LogP contribution in [0.2, 0.25) is 0 Å². The van der Waals surface area contributed by atoms with E-state index in [1.165, 1.54) is 48.5 Å². The van der Waals surface area contributed by atoms with Gasteiger partial charge in [-0.2, -0.15) is 26.3 Å². The number of carbonyl (C=O) groups excluding carboxylic acids is 2. The quantitative estimate of drug-likeness (QED) is 0.342. The molecule has 0 bridgehead atoms. The highest BCUT2D eigenvalue weighted by Gasteiger charge is 2.50. The number of anilines is 2. The van der Waals surface area contributed by atoms with Gasteiger partial charge in [0.2, 0.25) is 0 Å². The van der Waals surface area contributed by atoms with Crippen molar-refractivity contribution >= 4 is 23.1 Å². The first-order chi connectivity index (χ1) is 18.3. The van der Waals surface area contributed by atoms with Gasteiger partial charge in [-0.3, -0.25) is 14.5 Å². The van der Waals surface area contributed by atoms with E-state index in [0.717, 1.165) is 12.1 Å². The van der Waals surface area contributed by atoms with Gasteiger partial charge in [-0.25, -0.2) is 4.39 Å². The van der Waals surface area contributed by atoms with Crippen molar-refractivity contribution in [3.63, 3.8) is 0 Å². The molecule has 1 aliphatic heterocycles. The largest absolute Gasteiger partial charge is 0.471 e. The van der Waals surface area contributed by atoms with Gasteiger partial charge in [0.25, 0.3) is 0 Å². The second kappa shape index (κ2) is 9.55. The third kappa shape index (κ3) is 5.00. The fourth-order valence-corrected chi connectivity index (χ4v) is 5.09. The van der Waals surface area contributed by atoms with Crippen LogP contribution in [-0.2, 0) is 15.8 Å². The third-order valence-corrected chi connectivity index (χ3v) is 6.85. The number of rotatable bonds is 2. The number of alkyl halides is 6. The molecule has 2 aliphatic rings. The molecule has 1 amide bonds. The number of benzene rings is 3. The Kier molecular flexibility index (Phi) is 6.48. The zero-order chi connectivity index (χ0) is 28.1. The van der Waals surface area contributed by atoms with Gasteiger partial charge in [0.1, 0.15) is 5.82 Å². The van der Waals surface area contributed by atoms with Crippen LogP contribution < -0.4 is 10.2 Å². The molecule has 11 heteroatoms. The Balaban J connectivity index is 1.72. The zero-order valence-electron chi connectivity index (χ0n) is 19.9. The van der Waals surface area contributed by atoms with Crippen LogP contribution in [0.3, 0.4) is 0 Å². The zero-order valence-corrected chi connectivity index (χ0v) is 19.9. The molecule has 202 valence electrons. The third-order valence-electron chi connectivity index (χ3n) is 6.85. The first-order valence-electron chi connectivity index (χ1n) is 11.8. The number of fused-ring (bicyclic) bond motifs is 1. The summed E-state index contributed by atoms with van der Waals surface area (Å²) < 4.78 is 94.9. The Morgan fingerprint density at radius 3 is 2.05 bits per heavy atom. The van der Waals surface area contributed by atoms with E-state index in [-0.39, 0.29) is 41.1 Å². The lowest BCUT2D eigenvalue weighted by Crippen LogP contribution is -2.45. The average Bonchev–Trinajstić information content (AvgIpc) is 3.02. The van der Waals surface area contributed by atoms with Crippen LogP contribution in [0.1, 0.15) is 41.5 Å². The Morgan fingerprint density at radius 1 is 0.821 bits per heavy atom. The smallest absolute Gasteiger partial charge is 0.357 e. The van der Waals surface area contributed by atoms with Crippen LogP contribution in [0.4, 0.5) is 42.1 Å². The second-order valence-electron chi connectivity index (χ2n) is 9.31. The number of para-hydroxylation sites is 2. The minimum atomic E-state index is -5.35. The minimum absolute atomic E-state index is 0.0971. The van der Waals surface area contributed by atoms with Crippen molar-refractivity contribution in [3.05, 3.63) is 107 Å². The molecule has 0 aromatic heterocycles. The lowest BCUT2D eigenvalue weighted by molar-refractivity contribution is -0.170. The fraction of sp³-hybridized carbons (Fsp3) is 0.214. The van der Waals surface area contributed by atoms with Crippen LogP contribution in [0.25, 0.3) is 0 Å². The molecule has 39 heavy (non-hydrogen) atoms. The highest BCUT2D eigenvalue weighted by Crippen LogP contribution is 2.48. The number of Topliss-reactive ketones (excluding diaryl/α,β-unsaturated/α-hetero) is 1. The number of nitrogens with zero attached hydrogens (tertiary/aromatic N) is 1. The molecule has 5 rings (SSSR count). The summed E-state index contributed by atoms with van der Waals surface area (Å²) in [6, 6.07) is 12.8. The van der Waals surface area contributed by atoms with E-state index < -0.39 is 47.4 Å². The highest BCUT2D eigenvalue weighted by atomic mass is 19.4. The van der Waals surface area contributed by atoms with Gasteiger partial charge in [-0.1, -0.05) is 36.4 Å². The summed E-state index contributed by atoms with van der Waals surface area (Å²) in [7, 11) is 0. The van der Waals surface area contributed by atoms with Gasteiger partial charge in [-0.05, 0) is 59.9 Å². The summed E-state index contributed by atoms with van der Waals surface area (Å²) in [6.07, 6.45) is -10.1. The summed E-state index contributed by atoms with van der Waals surface area (Å²) in [5.74, 6) is -3.79. The maximum Gasteiger partial charge on any atom is 0.471 e. The molecule has 1 heterocycles. The topological polar surface area (TPSA) is 49.4 Å². The molecule has 4 nitrogen and oxygen atoms in total. The van der Waals surface area contributed by atoms with Gasteiger partial charge in [0.05, 0.1) is 23.0 Å². The van der Waals surface area contributed by atoms with Crippen molar-refractivity contribution in [3.8, 4) is 0 Å². The number of hydrogen-bond acceptors (Lipinski definition) is 3. The first kappa shape index (κ1) is 26.5. The van der Waals surface area contributed by atoms with Crippen molar-refractivity contribution in [1.82, 2.24) is 0 Å². The number of halogens is 7. The molecule has 0 fully saturated rings. The predicted molar refractivity (Wildman–Crippen MR) is 128 cm³/mol. The highest BCUT2D eigenvalue weighted by molar-refractivity contribution is 6.07. The lowest BCUT2D eigenvalue weighted by atomic mass is 9.78. The van der Waals surface area contributed by atoms with Crippen molar-refractivity contribution in [1.29, 1.82) is 0 Å². The summed E-state index contributed by atoms with van der Waals surface area (Å²) in [4.78, 5) is 26.9. The maximum atomic E-state index is 13.9. The van der Waals surface area contributed by atoms with E-state index in [4.69, 9.17) is 0 Å². The van der Waals surface area contributed by atoms with Crippen LogP contribution in [0.5, 0.6) is 0 Å². The first-order valence-corrected chi connectivity index (χ1v) is 11.8. The molecule has 3 aromatic rings. The van der Waals surface area contributed by atoms with E-state index in [2.05, 4.69) is 5.32 Å². The predicted octanol–water partition coefficient (Wildman–Crippen LogP) is 7.31. The molecule has 0 saturated carbocycles. The Hall–Kier alpha value is -4.15. The van der Waals surface area contributed by atoms with Crippen molar-refractivity contribution in [2.45, 2.75) is 37.2 Å². The summed E-state index contributed by atoms with van der Waals surface area (Å²) in [5.41, 5.74) is -0.495. The maximum absolute atomic E-state index is 13.9. The van der Waals surface area contributed by atoms with E-state index in [1.807, 2.05) is 0 Å². The molecule has 1 aliphatic carbocycles. The molecular formula is C28H19F7N2O2. The molecule has 2 atom stereocenters. The van der Waals surface area contributed by atoms with Crippen LogP contribution >= 0.6 is 0 Å². The Morgan fingerprint density at radius 2 is 1.44 bits per heavy atom. The number of ketones is 1. The van der Waals surface area contributed by atoms with Gasteiger partial charge in [-0.15, -0.1) is 0 Å². The minimum Gasteiger partial charge on any atom is -0.357 e. The van der Waals surface area contributed by atoms with Crippen LogP contribution in [0.15, 0.2) is 84.1 Å². The van der Waals surface area contributed by atoms with Gasteiger partial charge >= 0.3 is 18.3 Å². The summed E-state index contributed by atoms with van der Waals surface area (Å²) >= 11 is 0. The van der Waals surface area contributed by atoms with E-state index in [9.17, 15) is 40.3 Å². The molecule has 0 unspecified atom stereocenters. The van der Waals surface area contributed by atoms with Crippen molar-refractivity contribution in [2.24, 2.45) is 0 Å². The molecule has 1 N–H and O–H groups in total. The normalized spacial score (nSPS) is 19.7. The number of allylic oxidation sites excluding steroid dienone is 1. The Labute approximate surface area is 217 Å². The number of amides is 1. The molecule has 0 saturated heterocycles. The monoisotopic (exact) mass is 548 g/mol. The standard InChI is InChI=1S/C28H19F7N2O2/c29-19-11-7-15(8-12-19)17-13-21-24(23(38)14-17)25(16-5-9-18(10-6-16)27(30,31)32)37(26(39)28(33,34)35)22-4-2-1-3-20(22)36-21/h1-12,17,25,36H,13-14H2/t17-,25+/m0/s1. The van der Waals surface area contributed by atoms with Crippen LogP contribution in [0, 0.1) is 5.82 Å². The second-order valence-corrected chi connectivity index (χ2v) is 9.31. The average molecular weight is 548 g/mol. The molecule has 0 radical (unpaired) electrons. The number of hydrogen-bond donors (Lipinski definition) is 1. The number of nitrogens with one attached hydrogen (secondary N) is 1. The number of carbonyl (C=O) groups is 2. The van der Waals surface area contributed by atoms with Gasteiger partial charge in [0, 0.05) is 17.7 Å². The molecule has 3 aromatic carbocycles. The Bertz CT molecular complexity index is 1460. The van der Waals surface area contributed by atoms with Crippen molar-refractivity contribution in [2.75, 3.05) is 10.2 Å². The molecular weight excluding hydrogens is 529 g/mol. The van der Waals surface area contributed by atoms with Crippen molar-refractivity contribution < 1.29 is 40.3 Å². The van der Waals surface area contributed by atoms with Crippen LogP contribution in [-0.4, -0.2) is 17.9 Å². The van der Waals surface area contributed by atoms with Gasteiger partial charge in [0.15, 0.2) is 5.78 Å². The summed E-state index contributed by atoms with van der Waals surface area (Å²) in [5, 5.41) is 3.02. The lowest BCUT2D eigenvalue weighted by Gasteiger charge is -2.35. The van der Waals surface area contributed by atoms with E-state index in [1.54, 1.807) is 0 Å². The van der Waals surface area contributed by atoms with Gasteiger partial charge < -0.3 is 5.32 Å². The summed E-state index contributed by atoms with van der Waals surface area (Å²) in [6.45, 7) is 0. The van der Waals surface area contributed by atoms with E-state index >= 15 is 0 Å². The SMILES string of the molecule is O=C1C[C@@H](c2ccc(F)cc2)CC2=C1[C@@H](c1ccc(C(F)(F)F)cc1)N(C(=O)C(F)(F)F)c1ccccc1N2. The molecule has 0 spiro atoms.